The molecule has 7 nitrogen and oxygen atoms in total. The molecule has 0 aliphatic heterocycles. The molecule has 0 saturated heterocycles. The van der Waals surface area contributed by atoms with Gasteiger partial charge in [-0.2, -0.15) is 5.21 Å². The molecule has 33 heavy (non-hydrogen) atoms. The number of aromatic amines is 2. The molecule has 2 aromatic carbocycles. The Bertz CT molecular complexity index is 1250. The zero-order valence-electron chi connectivity index (χ0n) is 19.5. The molecule has 0 aliphatic carbocycles. The third-order valence-electron chi connectivity index (χ3n) is 5.60. The molecule has 0 amide bonds. The normalized spacial score (nSPS) is 11.5. The standard InChI is InChI=1S/C26H29N5O2/c1-5-6-15-33-20-13-9-18(10-14-20)22-16-21(17-7-11-19(12-8-17)26(2,3)4)23(25(32)27-22)24-28-30-31-29-24/h7-14,16H,5-6,15H2,1-4H3,(H,27,32)(H,28,29,30,31). The van der Waals surface area contributed by atoms with Crippen molar-refractivity contribution >= 4 is 0 Å². The van der Waals surface area contributed by atoms with Gasteiger partial charge in [-0.15, -0.1) is 10.2 Å². The topological polar surface area (TPSA) is 96.6 Å². The second kappa shape index (κ2) is 9.40. The molecule has 0 aliphatic rings. The van der Waals surface area contributed by atoms with Crippen molar-refractivity contribution in [2.24, 2.45) is 0 Å². The molecule has 0 spiro atoms. The lowest BCUT2D eigenvalue weighted by atomic mass is 9.86. The fourth-order valence-corrected chi connectivity index (χ4v) is 3.65. The van der Waals surface area contributed by atoms with Crippen LogP contribution in [0.2, 0.25) is 0 Å². The summed E-state index contributed by atoms with van der Waals surface area (Å²) in [6, 6.07) is 18.0. The molecule has 4 aromatic rings. The lowest BCUT2D eigenvalue weighted by Gasteiger charge is -2.19. The maximum Gasteiger partial charge on any atom is 0.260 e. The summed E-state index contributed by atoms with van der Waals surface area (Å²) in [6.07, 6.45) is 2.11. The molecule has 170 valence electrons. The van der Waals surface area contributed by atoms with Gasteiger partial charge in [0.2, 0.25) is 5.82 Å². The van der Waals surface area contributed by atoms with Crippen LogP contribution in [0.5, 0.6) is 5.75 Å². The van der Waals surface area contributed by atoms with Crippen LogP contribution in [-0.4, -0.2) is 32.2 Å². The van der Waals surface area contributed by atoms with Gasteiger partial charge < -0.3 is 9.72 Å². The van der Waals surface area contributed by atoms with E-state index in [1.165, 1.54) is 5.56 Å². The van der Waals surface area contributed by atoms with Gasteiger partial charge in [0.25, 0.3) is 5.56 Å². The fourth-order valence-electron chi connectivity index (χ4n) is 3.65. The summed E-state index contributed by atoms with van der Waals surface area (Å²) in [6.45, 7) is 9.35. The van der Waals surface area contributed by atoms with Crippen LogP contribution in [0.4, 0.5) is 0 Å². The molecular formula is C26H29N5O2. The first-order chi connectivity index (χ1) is 15.9. The van der Waals surface area contributed by atoms with Crippen LogP contribution in [-0.2, 0) is 5.41 Å². The first-order valence-electron chi connectivity index (χ1n) is 11.2. The molecule has 0 atom stereocenters. The van der Waals surface area contributed by atoms with Gasteiger partial charge in [-0.05, 0) is 64.1 Å². The number of rotatable bonds is 7. The number of nitrogens with one attached hydrogen (secondary N) is 2. The highest BCUT2D eigenvalue weighted by molar-refractivity contribution is 5.83. The summed E-state index contributed by atoms with van der Waals surface area (Å²) >= 11 is 0. The molecular weight excluding hydrogens is 414 g/mol. The number of tetrazole rings is 1. The van der Waals surface area contributed by atoms with E-state index in [2.05, 4.69) is 65.4 Å². The zero-order valence-corrected chi connectivity index (χ0v) is 19.5. The summed E-state index contributed by atoms with van der Waals surface area (Å²) < 4.78 is 5.76. The largest absolute Gasteiger partial charge is 0.494 e. The number of ether oxygens (including phenoxy) is 1. The summed E-state index contributed by atoms with van der Waals surface area (Å²) in [7, 11) is 0. The number of hydrogen-bond donors (Lipinski definition) is 2. The molecule has 0 radical (unpaired) electrons. The molecule has 0 fully saturated rings. The summed E-state index contributed by atoms with van der Waals surface area (Å²) in [5.41, 5.74) is 4.63. The minimum atomic E-state index is -0.271. The predicted octanol–water partition coefficient (Wildman–Crippen LogP) is 5.37. The van der Waals surface area contributed by atoms with Crippen molar-refractivity contribution in [2.75, 3.05) is 6.61 Å². The van der Waals surface area contributed by atoms with Crippen molar-refractivity contribution < 1.29 is 4.74 Å². The molecule has 2 N–H and O–H groups in total. The highest BCUT2D eigenvalue weighted by atomic mass is 16.5. The quantitative estimate of drug-likeness (QED) is 0.375. The Morgan fingerprint density at radius 2 is 1.67 bits per heavy atom. The van der Waals surface area contributed by atoms with E-state index in [0.717, 1.165) is 35.3 Å². The van der Waals surface area contributed by atoms with Crippen LogP contribution in [0.15, 0.2) is 59.4 Å². The molecule has 7 heteroatoms. The van der Waals surface area contributed by atoms with E-state index in [9.17, 15) is 4.79 Å². The number of benzene rings is 2. The van der Waals surface area contributed by atoms with E-state index < -0.39 is 0 Å². The Morgan fingerprint density at radius 3 is 2.27 bits per heavy atom. The van der Waals surface area contributed by atoms with Crippen molar-refractivity contribution in [1.82, 2.24) is 25.6 Å². The average Bonchev–Trinajstić information content (AvgIpc) is 3.33. The van der Waals surface area contributed by atoms with E-state index >= 15 is 0 Å². The van der Waals surface area contributed by atoms with Crippen molar-refractivity contribution in [3.05, 3.63) is 70.5 Å². The number of pyridine rings is 1. The minimum Gasteiger partial charge on any atom is -0.494 e. The lowest BCUT2D eigenvalue weighted by molar-refractivity contribution is 0.309. The second-order valence-corrected chi connectivity index (χ2v) is 9.09. The Kier molecular flexibility index (Phi) is 6.40. The monoisotopic (exact) mass is 443 g/mol. The average molecular weight is 444 g/mol. The van der Waals surface area contributed by atoms with Gasteiger partial charge in [0.1, 0.15) is 5.75 Å². The number of aromatic nitrogens is 5. The summed E-state index contributed by atoms with van der Waals surface area (Å²) in [4.78, 5) is 16.2. The smallest absolute Gasteiger partial charge is 0.260 e. The van der Waals surface area contributed by atoms with E-state index in [1.54, 1.807) is 0 Å². The molecule has 2 aromatic heterocycles. The van der Waals surface area contributed by atoms with Gasteiger partial charge >= 0.3 is 0 Å². The summed E-state index contributed by atoms with van der Waals surface area (Å²) in [5.74, 6) is 1.08. The first kappa shape index (κ1) is 22.5. The fraction of sp³-hybridized carbons (Fsp3) is 0.308. The van der Waals surface area contributed by atoms with Crippen LogP contribution in [0, 0.1) is 0 Å². The number of unbranched alkanes of at least 4 members (excludes halogenated alkanes) is 1. The van der Waals surface area contributed by atoms with Crippen LogP contribution < -0.4 is 10.3 Å². The van der Waals surface area contributed by atoms with Gasteiger partial charge in [0.05, 0.1) is 12.2 Å². The number of nitrogens with zero attached hydrogens (tertiary/aromatic N) is 3. The van der Waals surface area contributed by atoms with E-state index in [0.29, 0.717) is 17.9 Å². The van der Waals surface area contributed by atoms with E-state index in [-0.39, 0.29) is 16.8 Å². The minimum absolute atomic E-state index is 0.0370. The first-order valence-corrected chi connectivity index (χ1v) is 11.2. The predicted molar refractivity (Wildman–Crippen MR) is 130 cm³/mol. The van der Waals surface area contributed by atoms with Crippen molar-refractivity contribution in [3.8, 4) is 39.5 Å². The highest BCUT2D eigenvalue weighted by Crippen LogP contribution is 2.32. The van der Waals surface area contributed by atoms with Crippen molar-refractivity contribution in [2.45, 2.75) is 46.0 Å². The SMILES string of the molecule is CCCCOc1ccc(-c2cc(-c3ccc(C(C)(C)C)cc3)c(-c3nn[nH]n3)c(=O)[nH]2)cc1. The van der Waals surface area contributed by atoms with Crippen LogP contribution >= 0.6 is 0 Å². The van der Waals surface area contributed by atoms with E-state index in [4.69, 9.17) is 4.74 Å². The Morgan fingerprint density at radius 1 is 0.970 bits per heavy atom. The van der Waals surface area contributed by atoms with Gasteiger partial charge in [0.15, 0.2) is 0 Å². The maximum absolute atomic E-state index is 13.2. The van der Waals surface area contributed by atoms with Crippen LogP contribution in [0.1, 0.15) is 46.1 Å². The summed E-state index contributed by atoms with van der Waals surface area (Å²) in [5, 5.41) is 14.2. The third-order valence-corrected chi connectivity index (χ3v) is 5.60. The lowest BCUT2D eigenvalue weighted by Crippen LogP contribution is -2.13. The third kappa shape index (κ3) is 5.03. The molecule has 4 rings (SSSR count). The Hall–Kier alpha value is -3.74. The van der Waals surface area contributed by atoms with Gasteiger partial charge in [-0.25, -0.2) is 0 Å². The van der Waals surface area contributed by atoms with Gasteiger partial charge in [-0.1, -0.05) is 58.4 Å². The maximum atomic E-state index is 13.2. The van der Waals surface area contributed by atoms with Crippen molar-refractivity contribution in [3.63, 3.8) is 0 Å². The van der Waals surface area contributed by atoms with Crippen molar-refractivity contribution in [1.29, 1.82) is 0 Å². The Labute approximate surface area is 193 Å². The highest BCUT2D eigenvalue weighted by Gasteiger charge is 2.19. The van der Waals surface area contributed by atoms with Crippen LogP contribution in [0.3, 0.4) is 0 Å². The molecule has 0 saturated carbocycles. The molecule has 0 unspecified atom stereocenters. The van der Waals surface area contributed by atoms with Gasteiger partial charge in [0, 0.05) is 11.3 Å². The van der Waals surface area contributed by atoms with Gasteiger partial charge in [-0.3, -0.25) is 4.79 Å². The van der Waals surface area contributed by atoms with Crippen LogP contribution in [0.25, 0.3) is 33.8 Å². The molecule has 2 heterocycles. The zero-order chi connectivity index (χ0) is 23.4. The Balaban J connectivity index is 1.77. The molecule has 0 bridgehead atoms. The number of H-pyrrole nitrogens is 2. The number of hydrogen-bond acceptors (Lipinski definition) is 5. The second-order valence-electron chi connectivity index (χ2n) is 9.09. The van der Waals surface area contributed by atoms with E-state index in [1.807, 2.05) is 42.5 Å².